The molecule has 2 aromatic rings. The lowest BCUT2D eigenvalue weighted by Crippen LogP contribution is -2.46. The largest absolute Gasteiger partial charge is 0.382 e. The van der Waals surface area contributed by atoms with Crippen molar-refractivity contribution in [3.63, 3.8) is 0 Å². The van der Waals surface area contributed by atoms with Crippen LogP contribution in [0.2, 0.25) is 0 Å². The van der Waals surface area contributed by atoms with E-state index in [0.29, 0.717) is 18.3 Å². The Morgan fingerprint density at radius 2 is 2.33 bits per heavy atom. The summed E-state index contributed by atoms with van der Waals surface area (Å²) < 4.78 is 1.96. The SMILES string of the molecule is CC(C)n1ccc(CN2CCCC(O)(c3cn[nH]n3)C2)n1. The van der Waals surface area contributed by atoms with Crippen molar-refractivity contribution in [3.05, 3.63) is 29.8 Å². The van der Waals surface area contributed by atoms with Crippen LogP contribution < -0.4 is 0 Å². The molecule has 1 atom stereocenters. The van der Waals surface area contributed by atoms with Crippen molar-refractivity contribution in [2.24, 2.45) is 0 Å². The lowest BCUT2D eigenvalue weighted by atomic mass is 9.90. The molecule has 1 unspecified atom stereocenters. The minimum atomic E-state index is -0.911. The van der Waals surface area contributed by atoms with Gasteiger partial charge in [-0.25, -0.2) is 0 Å². The fraction of sp³-hybridized carbons (Fsp3) is 0.643. The monoisotopic (exact) mass is 290 g/mol. The van der Waals surface area contributed by atoms with Crippen LogP contribution >= 0.6 is 0 Å². The fourth-order valence-corrected chi connectivity index (χ4v) is 2.87. The van der Waals surface area contributed by atoms with Crippen molar-refractivity contribution < 1.29 is 5.11 Å². The van der Waals surface area contributed by atoms with E-state index in [0.717, 1.165) is 31.6 Å². The van der Waals surface area contributed by atoms with Crippen LogP contribution in [-0.2, 0) is 12.1 Å². The summed E-state index contributed by atoms with van der Waals surface area (Å²) in [6.07, 6.45) is 5.27. The Balaban J connectivity index is 1.68. The molecule has 0 spiro atoms. The summed E-state index contributed by atoms with van der Waals surface area (Å²) in [5, 5.41) is 25.8. The van der Waals surface area contributed by atoms with Crippen LogP contribution in [-0.4, -0.2) is 48.3 Å². The molecular weight excluding hydrogens is 268 g/mol. The number of β-amino-alcohol motifs (C(OH)–C–C–N with tert-alkyl or cyclic N) is 1. The van der Waals surface area contributed by atoms with Crippen molar-refractivity contribution in [1.29, 1.82) is 0 Å². The van der Waals surface area contributed by atoms with Gasteiger partial charge in [0.25, 0.3) is 0 Å². The molecule has 0 radical (unpaired) electrons. The van der Waals surface area contributed by atoms with Gasteiger partial charge in [0.2, 0.25) is 0 Å². The molecule has 0 aliphatic carbocycles. The average molecular weight is 290 g/mol. The molecule has 1 aliphatic rings. The highest BCUT2D eigenvalue weighted by atomic mass is 16.3. The van der Waals surface area contributed by atoms with E-state index in [-0.39, 0.29) is 0 Å². The molecule has 1 saturated heterocycles. The Kier molecular flexibility index (Phi) is 3.77. The van der Waals surface area contributed by atoms with Gasteiger partial charge in [-0.05, 0) is 39.3 Å². The second-order valence-electron chi connectivity index (χ2n) is 6.08. The lowest BCUT2D eigenvalue weighted by Gasteiger charge is -2.37. The number of piperidine rings is 1. The minimum Gasteiger partial charge on any atom is -0.382 e. The van der Waals surface area contributed by atoms with Gasteiger partial charge in [-0.2, -0.15) is 20.5 Å². The summed E-state index contributed by atoms with van der Waals surface area (Å²) in [6, 6.07) is 2.41. The van der Waals surface area contributed by atoms with Gasteiger partial charge in [0, 0.05) is 25.3 Å². The summed E-state index contributed by atoms with van der Waals surface area (Å²) >= 11 is 0. The third-order valence-electron chi connectivity index (χ3n) is 4.02. The van der Waals surface area contributed by atoms with E-state index in [2.05, 4.69) is 39.3 Å². The molecule has 114 valence electrons. The van der Waals surface area contributed by atoms with E-state index >= 15 is 0 Å². The molecule has 0 saturated carbocycles. The summed E-state index contributed by atoms with van der Waals surface area (Å²) in [5.41, 5.74) is 0.749. The van der Waals surface area contributed by atoms with Gasteiger partial charge in [-0.15, -0.1) is 0 Å². The first-order valence-corrected chi connectivity index (χ1v) is 7.42. The molecule has 3 rings (SSSR count). The zero-order valence-corrected chi connectivity index (χ0v) is 12.5. The summed E-state index contributed by atoms with van der Waals surface area (Å²) in [4.78, 5) is 2.23. The maximum atomic E-state index is 10.8. The highest BCUT2D eigenvalue weighted by Gasteiger charge is 2.37. The Morgan fingerprint density at radius 1 is 1.48 bits per heavy atom. The van der Waals surface area contributed by atoms with Gasteiger partial charge in [0.15, 0.2) is 0 Å². The number of aromatic nitrogens is 5. The van der Waals surface area contributed by atoms with Crippen molar-refractivity contribution in [1.82, 2.24) is 30.1 Å². The van der Waals surface area contributed by atoms with Crippen molar-refractivity contribution in [2.45, 2.75) is 44.9 Å². The van der Waals surface area contributed by atoms with Gasteiger partial charge in [0.05, 0.1) is 11.9 Å². The van der Waals surface area contributed by atoms with Gasteiger partial charge in [-0.3, -0.25) is 9.58 Å². The third kappa shape index (κ3) is 2.98. The Morgan fingerprint density at radius 3 is 3.00 bits per heavy atom. The van der Waals surface area contributed by atoms with Gasteiger partial charge in [-0.1, -0.05) is 0 Å². The maximum Gasteiger partial charge on any atom is 0.123 e. The molecule has 0 aromatic carbocycles. The molecule has 2 N–H and O–H groups in total. The van der Waals surface area contributed by atoms with Crippen LogP contribution in [0.1, 0.15) is 44.1 Å². The number of hydrogen-bond acceptors (Lipinski definition) is 5. The van der Waals surface area contributed by atoms with Crippen LogP contribution in [0.25, 0.3) is 0 Å². The first-order chi connectivity index (χ1) is 10.1. The van der Waals surface area contributed by atoms with Gasteiger partial charge >= 0.3 is 0 Å². The van der Waals surface area contributed by atoms with Gasteiger partial charge in [0.1, 0.15) is 11.3 Å². The van der Waals surface area contributed by atoms with E-state index in [1.54, 1.807) is 6.20 Å². The first kappa shape index (κ1) is 14.2. The smallest absolute Gasteiger partial charge is 0.123 e. The van der Waals surface area contributed by atoms with Crippen molar-refractivity contribution in [2.75, 3.05) is 13.1 Å². The zero-order valence-electron chi connectivity index (χ0n) is 12.5. The van der Waals surface area contributed by atoms with Crippen molar-refractivity contribution >= 4 is 0 Å². The predicted octanol–water partition coefficient (Wildman–Crippen LogP) is 1.07. The molecule has 0 amide bonds. The number of H-pyrrole nitrogens is 1. The molecule has 7 heteroatoms. The molecule has 0 bridgehead atoms. The minimum absolute atomic E-state index is 0.368. The lowest BCUT2D eigenvalue weighted by molar-refractivity contribution is -0.0417. The van der Waals surface area contributed by atoms with E-state index < -0.39 is 5.60 Å². The van der Waals surface area contributed by atoms with Crippen LogP contribution in [0, 0.1) is 0 Å². The molecule has 2 aromatic heterocycles. The molecule has 21 heavy (non-hydrogen) atoms. The second kappa shape index (κ2) is 5.57. The highest BCUT2D eigenvalue weighted by molar-refractivity contribution is 5.09. The second-order valence-corrected chi connectivity index (χ2v) is 6.08. The zero-order chi connectivity index (χ0) is 14.9. The summed E-state index contributed by atoms with van der Waals surface area (Å²) in [6.45, 7) is 6.50. The highest BCUT2D eigenvalue weighted by Crippen LogP contribution is 2.30. The van der Waals surface area contributed by atoms with Crippen LogP contribution in [0.5, 0.6) is 0 Å². The van der Waals surface area contributed by atoms with Crippen LogP contribution in [0.15, 0.2) is 18.5 Å². The van der Waals surface area contributed by atoms with E-state index in [4.69, 9.17) is 0 Å². The van der Waals surface area contributed by atoms with E-state index in [1.807, 2.05) is 16.9 Å². The number of nitrogens with zero attached hydrogens (tertiary/aromatic N) is 5. The predicted molar refractivity (Wildman–Crippen MR) is 77.4 cm³/mol. The Bertz CT molecular complexity index is 578. The standard InChI is InChI=1S/C14H22N6O/c1-11(2)20-7-4-12(17-20)9-19-6-3-5-14(21,10-19)13-8-15-18-16-13/h4,7-8,11,21H,3,5-6,9-10H2,1-2H3,(H,15,16,18). The quantitative estimate of drug-likeness (QED) is 0.880. The van der Waals surface area contributed by atoms with Crippen LogP contribution in [0.3, 0.4) is 0 Å². The summed E-state index contributed by atoms with van der Waals surface area (Å²) in [7, 11) is 0. The number of rotatable bonds is 4. The molecule has 3 heterocycles. The van der Waals surface area contributed by atoms with E-state index in [9.17, 15) is 5.11 Å². The number of nitrogens with one attached hydrogen (secondary N) is 1. The van der Waals surface area contributed by atoms with Crippen molar-refractivity contribution in [3.8, 4) is 0 Å². The summed E-state index contributed by atoms with van der Waals surface area (Å²) in [5.74, 6) is 0. The first-order valence-electron chi connectivity index (χ1n) is 7.42. The third-order valence-corrected chi connectivity index (χ3v) is 4.02. The average Bonchev–Trinajstić information content (AvgIpc) is 3.10. The fourth-order valence-electron chi connectivity index (χ4n) is 2.87. The molecular formula is C14H22N6O. The van der Waals surface area contributed by atoms with Gasteiger partial charge < -0.3 is 5.11 Å². The topological polar surface area (TPSA) is 82.9 Å². The number of likely N-dealkylation sites (tertiary alicyclic amines) is 1. The van der Waals surface area contributed by atoms with E-state index in [1.165, 1.54) is 0 Å². The maximum absolute atomic E-state index is 10.8. The molecule has 1 aliphatic heterocycles. The Labute approximate surface area is 124 Å². The normalized spacial score (nSPS) is 23.8. The number of aliphatic hydroxyl groups is 1. The number of hydrogen-bond donors (Lipinski definition) is 2. The van der Waals surface area contributed by atoms with Crippen LogP contribution in [0.4, 0.5) is 0 Å². The number of aromatic amines is 1. The Hall–Kier alpha value is -1.73. The molecule has 1 fully saturated rings. The molecule has 7 nitrogen and oxygen atoms in total.